The van der Waals surface area contributed by atoms with Gasteiger partial charge in [-0.3, -0.25) is 9.59 Å². The highest BCUT2D eigenvalue weighted by Gasteiger charge is 2.37. The molecule has 39 heavy (non-hydrogen) atoms. The molecule has 1 aromatic heterocycles. The second kappa shape index (κ2) is 14.8. The number of nitrogens with one attached hydrogen (secondary N) is 1. The first-order chi connectivity index (χ1) is 18.4. The van der Waals surface area contributed by atoms with Crippen molar-refractivity contribution in [2.24, 2.45) is 11.8 Å². The Labute approximate surface area is 239 Å². The Bertz CT molecular complexity index is 1070. The highest BCUT2D eigenvalue weighted by molar-refractivity contribution is 5.94. The van der Waals surface area contributed by atoms with Crippen LogP contribution in [0.15, 0.2) is 24.3 Å². The number of methoxy groups -OCH3 is 1. The van der Waals surface area contributed by atoms with Crippen LogP contribution in [0.3, 0.4) is 0 Å². The van der Waals surface area contributed by atoms with Gasteiger partial charge in [-0.1, -0.05) is 36.8 Å². The predicted molar refractivity (Wildman–Crippen MR) is 155 cm³/mol. The van der Waals surface area contributed by atoms with Crippen molar-refractivity contribution in [2.75, 3.05) is 46.4 Å². The average Bonchev–Trinajstić information content (AvgIpc) is 3.60. The van der Waals surface area contributed by atoms with Crippen LogP contribution in [0.5, 0.6) is 0 Å². The van der Waals surface area contributed by atoms with Crippen molar-refractivity contribution in [3.05, 3.63) is 41.2 Å². The number of halogens is 1. The van der Waals surface area contributed by atoms with Crippen molar-refractivity contribution in [2.45, 2.75) is 65.3 Å². The standard InChI is InChI=1S/C29H44N6O3.ClH/c1-21(2)20-34(25-17-23(18-30-19-25)28(36)33-14-6-7-15-33)29(37)27-26(9-5-8-16-38-4)35(32-31-27)24-12-10-22(3)11-13-24;/h10-13,21,23,25,30H,5-9,14-20H2,1-4H3;1H/t23-,25+;/m1./s1. The van der Waals surface area contributed by atoms with E-state index in [0.717, 1.165) is 55.7 Å². The van der Waals surface area contributed by atoms with Crippen molar-refractivity contribution in [1.29, 1.82) is 0 Å². The van der Waals surface area contributed by atoms with Gasteiger partial charge in [0.15, 0.2) is 5.69 Å². The van der Waals surface area contributed by atoms with Gasteiger partial charge in [-0.05, 0) is 63.5 Å². The lowest BCUT2D eigenvalue weighted by atomic mass is 9.92. The lowest BCUT2D eigenvalue weighted by molar-refractivity contribution is -0.135. The molecule has 1 aromatic carbocycles. The fourth-order valence-corrected chi connectivity index (χ4v) is 5.59. The first-order valence-electron chi connectivity index (χ1n) is 14.2. The number of unbranched alkanes of at least 4 members (excludes halogenated alkanes) is 1. The van der Waals surface area contributed by atoms with Gasteiger partial charge >= 0.3 is 0 Å². The third-order valence-corrected chi connectivity index (χ3v) is 7.61. The highest BCUT2D eigenvalue weighted by Crippen LogP contribution is 2.25. The highest BCUT2D eigenvalue weighted by atomic mass is 35.5. The maximum Gasteiger partial charge on any atom is 0.276 e. The summed E-state index contributed by atoms with van der Waals surface area (Å²) in [5, 5.41) is 12.4. The second-order valence-corrected chi connectivity index (χ2v) is 11.2. The normalized spacial score (nSPS) is 19.3. The number of carbonyl (C=O) groups excluding carboxylic acids is 2. The fourth-order valence-electron chi connectivity index (χ4n) is 5.59. The number of benzene rings is 1. The van der Waals surface area contributed by atoms with Crippen LogP contribution in [0.1, 0.15) is 67.7 Å². The molecule has 2 aliphatic rings. The quantitative estimate of drug-likeness (QED) is 0.422. The van der Waals surface area contributed by atoms with Crippen molar-refractivity contribution in [3.63, 3.8) is 0 Å². The van der Waals surface area contributed by atoms with E-state index in [1.54, 1.807) is 7.11 Å². The van der Waals surface area contributed by atoms with Gasteiger partial charge in [0.1, 0.15) is 0 Å². The van der Waals surface area contributed by atoms with Crippen molar-refractivity contribution < 1.29 is 14.3 Å². The molecular weight excluding hydrogens is 516 g/mol. The Kier molecular flexibility index (Phi) is 11.8. The van der Waals surface area contributed by atoms with E-state index in [-0.39, 0.29) is 42.1 Å². The van der Waals surface area contributed by atoms with E-state index in [9.17, 15) is 9.59 Å². The fraction of sp³-hybridized carbons (Fsp3) is 0.655. The van der Waals surface area contributed by atoms with Crippen LogP contribution in [0.2, 0.25) is 0 Å². The third-order valence-electron chi connectivity index (χ3n) is 7.61. The van der Waals surface area contributed by atoms with E-state index < -0.39 is 0 Å². The summed E-state index contributed by atoms with van der Waals surface area (Å²) in [4.78, 5) is 31.3. The molecule has 2 fully saturated rings. The van der Waals surface area contributed by atoms with Crippen LogP contribution in [0.4, 0.5) is 0 Å². The van der Waals surface area contributed by atoms with E-state index in [1.807, 2.05) is 38.7 Å². The second-order valence-electron chi connectivity index (χ2n) is 11.2. The van der Waals surface area contributed by atoms with Gasteiger partial charge in [-0.2, -0.15) is 0 Å². The molecule has 0 unspecified atom stereocenters. The maximum atomic E-state index is 14.2. The van der Waals surface area contributed by atoms with E-state index >= 15 is 0 Å². The maximum absolute atomic E-state index is 14.2. The molecule has 2 aliphatic heterocycles. The van der Waals surface area contributed by atoms with Gasteiger partial charge in [0.2, 0.25) is 5.91 Å². The Morgan fingerprint density at radius 2 is 1.85 bits per heavy atom. The molecule has 4 rings (SSSR count). The van der Waals surface area contributed by atoms with Crippen molar-refractivity contribution >= 4 is 24.2 Å². The number of rotatable bonds is 11. The predicted octanol–water partition coefficient (Wildman–Crippen LogP) is 3.67. The molecule has 0 aliphatic carbocycles. The van der Waals surface area contributed by atoms with Gasteiger partial charge in [0, 0.05) is 52.5 Å². The zero-order valence-electron chi connectivity index (χ0n) is 23.9. The number of nitrogens with zero attached hydrogens (tertiary/aromatic N) is 5. The summed E-state index contributed by atoms with van der Waals surface area (Å²) in [5.41, 5.74) is 3.31. The third kappa shape index (κ3) is 7.80. The van der Waals surface area contributed by atoms with Gasteiger partial charge in [-0.15, -0.1) is 17.5 Å². The molecule has 0 radical (unpaired) electrons. The summed E-state index contributed by atoms with van der Waals surface area (Å²) in [5.74, 6) is 0.303. The smallest absolute Gasteiger partial charge is 0.276 e. The molecule has 216 valence electrons. The minimum absolute atomic E-state index is 0. The minimum atomic E-state index is -0.105. The molecule has 0 spiro atoms. The van der Waals surface area contributed by atoms with E-state index in [1.165, 1.54) is 0 Å². The first-order valence-corrected chi connectivity index (χ1v) is 14.2. The summed E-state index contributed by atoms with van der Waals surface area (Å²) < 4.78 is 7.05. The van der Waals surface area contributed by atoms with E-state index in [4.69, 9.17) is 4.74 Å². The number of hydrogen-bond donors (Lipinski definition) is 1. The molecular formula is C29H45ClN6O3. The largest absolute Gasteiger partial charge is 0.385 e. The first kappa shape index (κ1) is 31.0. The Morgan fingerprint density at radius 3 is 2.51 bits per heavy atom. The van der Waals surface area contributed by atoms with Crippen LogP contribution in [-0.2, 0) is 16.0 Å². The number of hydrogen-bond acceptors (Lipinski definition) is 6. The van der Waals surface area contributed by atoms with E-state index in [2.05, 4.69) is 36.4 Å². The van der Waals surface area contributed by atoms with Crippen molar-refractivity contribution in [3.8, 4) is 5.69 Å². The van der Waals surface area contributed by atoms with Crippen LogP contribution < -0.4 is 5.32 Å². The molecule has 0 saturated carbocycles. The number of ether oxygens (including phenoxy) is 1. The topological polar surface area (TPSA) is 92.6 Å². The molecule has 9 nitrogen and oxygen atoms in total. The molecule has 2 saturated heterocycles. The van der Waals surface area contributed by atoms with Gasteiger partial charge < -0.3 is 19.9 Å². The van der Waals surface area contributed by atoms with Crippen LogP contribution in [-0.4, -0.2) is 89.1 Å². The molecule has 10 heteroatoms. The van der Waals surface area contributed by atoms with Gasteiger partial charge in [0.25, 0.3) is 5.91 Å². The van der Waals surface area contributed by atoms with Crippen LogP contribution in [0, 0.1) is 18.8 Å². The summed E-state index contributed by atoms with van der Waals surface area (Å²) in [6.07, 6.45) is 5.28. The number of aromatic nitrogens is 3. The molecule has 2 amide bonds. The molecule has 0 bridgehead atoms. The van der Waals surface area contributed by atoms with Gasteiger partial charge in [-0.25, -0.2) is 4.68 Å². The average molecular weight is 561 g/mol. The summed E-state index contributed by atoms with van der Waals surface area (Å²) >= 11 is 0. The Morgan fingerprint density at radius 1 is 1.13 bits per heavy atom. The number of piperidine rings is 1. The van der Waals surface area contributed by atoms with Crippen LogP contribution in [0.25, 0.3) is 5.69 Å². The summed E-state index contributed by atoms with van der Waals surface area (Å²) in [7, 11) is 1.71. The van der Waals surface area contributed by atoms with E-state index in [0.29, 0.717) is 44.8 Å². The number of likely N-dealkylation sites (tertiary alicyclic amines) is 1. The Balaban J connectivity index is 0.00000420. The summed E-state index contributed by atoms with van der Waals surface area (Å²) in [6, 6.07) is 8.05. The number of amides is 2. The molecule has 3 heterocycles. The molecule has 2 aromatic rings. The molecule has 2 atom stereocenters. The molecule has 1 N–H and O–H groups in total. The lowest BCUT2D eigenvalue weighted by Gasteiger charge is -2.39. The van der Waals surface area contributed by atoms with Crippen LogP contribution >= 0.6 is 12.4 Å². The number of carbonyl (C=O) groups is 2. The SMILES string of the molecule is COCCCCc1c(C(=O)N(CC(C)C)[C@@H]2CNC[C@H](C(=O)N3CCCC3)C2)nnn1-c1ccc(C)cc1.Cl. The van der Waals surface area contributed by atoms with Crippen molar-refractivity contribution in [1.82, 2.24) is 30.1 Å². The minimum Gasteiger partial charge on any atom is -0.385 e. The lowest BCUT2D eigenvalue weighted by Crippen LogP contribution is -2.55. The zero-order valence-corrected chi connectivity index (χ0v) is 24.7. The zero-order chi connectivity index (χ0) is 27.1. The summed E-state index contributed by atoms with van der Waals surface area (Å²) in [6.45, 7) is 10.6. The number of aryl methyl sites for hydroxylation is 1. The van der Waals surface area contributed by atoms with Gasteiger partial charge in [0.05, 0.1) is 17.3 Å². The Hall–Kier alpha value is -2.49. The monoisotopic (exact) mass is 560 g/mol.